The summed E-state index contributed by atoms with van der Waals surface area (Å²) < 4.78 is 32.5. The van der Waals surface area contributed by atoms with E-state index in [9.17, 15) is 8.78 Å². The fourth-order valence-electron chi connectivity index (χ4n) is 1.81. The first kappa shape index (κ1) is 14.0. The second-order valence-corrected chi connectivity index (χ2v) is 4.30. The predicted octanol–water partition coefficient (Wildman–Crippen LogP) is 4.29. The Balaban J connectivity index is 2.30. The van der Waals surface area contributed by atoms with E-state index in [0.29, 0.717) is 23.5 Å². The summed E-state index contributed by atoms with van der Waals surface area (Å²) in [5.41, 5.74) is 0.494. The lowest BCUT2D eigenvalue weighted by Crippen LogP contribution is -1.95. The second kappa shape index (κ2) is 6.16. The molecule has 4 heteroatoms. The van der Waals surface area contributed by atoms with Crippen LogP contribution in [-0.2, 0) is 0 Å². The van der Waals surface area contributed by atoms with Crippen molar-refractivity contribution in [1.29, 1.82) is 5.26 Å². The maximum Gasteiger partial charge on any atom is 0.144 e. The van der Waals surface area contributed by atoms with Gasteiger partial charge in [0.15, 0.2) is 0 Å². The minimum Gasteiger partial charge on any atom is -0.494 e. The van der Waals surface area contributed by atoms with Crippen LogP contribution in [0.4, 0.5) is 8.78 Å². The van der Waals surface area contributed by atoms with Crippen LogP contribution in [0.1, 0.15) is 18.9 Å². The van der Waals surface area contributed by atoms with Crippen molar-refractivity contribution in [2.45, 2.75) is 13.3 Å². The summed E-state index contributed by atoms with van der Waals surface area (Å²) in [6.45, 7) is 2.64. The molecular formula is C16H13F2NO. The molecule has 2 rings (SSSR count). The van der Waals surface area contributed by atoms with Gasteiger partial charge in [-0.15, -0.1) is 0 Å². The number of ether oxygens (including phenoxy) is 1. The normalized spacial score (nSPS) is 10.1. The van der Waals surface area contributed by atoms with Gasteiger partial charge >= 0.3 is 0 Å². The molecule has 0 saturated heterocycles. The quantitative estimate of drug-likeness (QED) is 0.832. The third kappa shape index (κ3) is 2.94. The first-order valence-electron chi connectivity index (χ1n) is 6.28. The zero-order valence-corrected chi connectivity index (χ0v) is 11.0. The van der Waals surface area contributed by atoms with Gasteiger partial charge < -0.3 is 4.74 Å². The topological polar surface area (TPSA) is 33.0 Å². The molecule has 0 aromatic heterocycles. The molecule has 0 saturated carbocycles. The summed E-state index contributed by atoms with van der Waals surface area (Å²) in [5.74, 6) is -0.993. The summed E-state index contributed by atoms with van der Waals surface area (Å²) in [4.78, 5) is 0. The van der Waals surface area contributed by atoms with Crippen LogP contribution in [0.2, 0.25) is 0 Å². The Kier molecular flexibility index (Phi) is 4.31. The van der Waals surface area contributed by atoms with E-state index in [1.165, 1.54) is 6.07 Å². The molecule has 0 aliphatic carbocycles. The second-order valence-electron chi connectivity index (χ2n) is 4.30. The first-order chi connectivity index (χ1) is 9.65. The molecule has 20 heavy (non-hydrogen) atoms. The van der Waals surface area contributed by atoms with E-state index in [1.807, 2.05) is 6.92 Å². The summed E-state index contributed by atoms with van der Waals surface area (Å²) in [6, 6.07) is 10.8. The van der Waals surface area contributed by atoms with Crippen LogP contribution in [0, 0.1) is 23.0 Å². The minimum atomic E-state index is -0.853. The van der Waals surface area contributed by atoms with Gasteiger partial charge in [0.05, 0.1) is 6.61 Å². The molecule has 2 nitrogen and oxygen atoms in total. The van der Waals surface area contributed by atoms with Crippen LogP contribution < -0.4 is 4.74 Å². The van der Waals surface area contributed by atoms with Gasteiger partial charge in [-0.25, -0.2) is 8.78 Å². The summed E-state index contributed by atoms with van der Waals surface area (Å²) >= 11 is 0. The van der Waals surface area contributed by atoms with E-state index in [4.69, 9.17) is 10.00 Å². The average molecular weight is 273 g/mol. The molecule has 0 radical (unpaired) electrons. The van der Waals surface area contributed by atoms with E-state index in [2.05, 4.69) is 0 Å². The Bertz CT molecular complexity index is 622. The first-order valence-corrected chi connectivity index (χ1v) is 6.28. The molecule has 0 bridgehead atoms. The molecule has 102 valence electrons. The molecule has 2 aromatic carbocycles. The summed E-state index contributed by atoms with van der Waals surface area (Å²) in [5, 5.41) is 8.63. The predicted molar refractivity (Wildman–Crippen MR) is 72.3 cm³/mol. The van der Waals surface area contributed by atoms with Crippen LogP contribution in [0.25, 0.3) is 11.1 Å². The number of hydrogen-bond acceptors (Lipinski definition) is 2. The van der Waals surface area contributed by atoms with Gasteiger partial charge in [0, 0.05) is 0 Å². The monoisotopic (exact) mass is 273 g/mol. The lowest BCUT2D eigenvalue weighted by atomic mass is 10.0. The SMILES string of the molecule is CCCOc1ccc(-c2cc(F)c(C#N)c(F)c2)cc1. The number of nitriles is 1. The summed E-state index contributed by atoms with van der Waals surface area (Å²) in [6.07, 6.45) is 0.911. The molecule has 0 spiro atoms. The van der Waals surface area contributed by atoms with Crippen molar-refractivity contribution in [1.82, 2.24) is 0 Å². The number of rotatable bonds is 4. The molecule has 0 N–H and O–H groups in total. The van der Waals surface area contributed by atoms with E-state index in [1.54, 1.807) is 24.3 Å². The Morgan fingerprint density at radius 2 is 1.65 bits per heavy atom. The van der Waals surface area contributed by atoms with E-state index < -0.39 is 17.2 Å². The largest absolute Gasteiger partial charge is 0.494 e. The maximum absolute atomic E-state index is 13.6. The lowest BCUT2D eigenvalue weighted by Gasteiger charge is -2.07. The zero-order valence-electron chi connectivity index (χ0n) is 11.0. The van der Waals surface area contributed by atoms with Crippen LogP contribution in [0.5, 0.6) is 5.75 Å². The van der Waals surface area contributed by atoms with Crippen LogP contribution in [-0.4, -0.2) is 6.61 Å². The minimum absolute atomic E-state index is 0.390. The van der Waals surface area contributed by atoms with Crippen molar-refractivity contribution in [3.05, 3.63) is 53.6 Å². The van der Waals surface area contributed by atoms with E-state index in [0.717, 1.165) is 18.6 Å². The van der Waals surface area contributed by atoms with Gasteiger partial charge in [-0.05, 0) is 41.8 Å². The van der Waals surface area contributed by atoms with Crippen molar-refractivity contribution in [2.75, 3.05) is 6.61 Å². The highest BCUT2D eigenvalue weighted by molar-refractivity contribution is 5.65. The lowest BCUT2D eigenvalue weighted by molar-refractivity contribution is 0.317. The highest BCUT2D eigenvalue weighted by atomic mass is 19.1. The number of benzene rings is 2. The van der Waals surface area contributed by atoms with Crippen LogP contribution in [0.15, 0.2) is 36.4 Å². The highest BCUT2D eigenvalue weighted by Crippen LogP contribution is 2.26. The molecule has 0 aliphatic rings. The molecule has 0 amide bonds. The molecule has 0 fully saturated rings. The van der Waals surface area contributed by atoms with Gasteiger partial charge in [-0.2, -0.15) is 5.26 Å². The molecule has 0 heterocycles. The Hall–Kier alpha value is -2.41. The Morgan fingerprint density at radius 3 is 2.15 bits per heavy atom. The average Bonchev–Trinajstić information content (AvgIpc) is 2.45. The Labute approximate surface area is 116 Å². The van der Waals surface area contributed by atoms with Crippen molar-refractivity contribution in [3.8, 4) is 22.9 Å². The molecule has 2 aromatic rings. The standard InChI is InChI=1S/C16H13F2NO/c1-2-7-20-13-5-3-11(4-6-13)12-8-15(17)14(10-19)16(18)9-12/h3-6,8-9H,2,7H2,1H3. The Morgan fingerprint density at radius 1 is 1.05 bits per heavy atom. The van der Waals surface area contributed by atoms with Gasteiger partial charge in [0.1, 0.15) is 29.0 Å². The van der Waals surface area contributed by atoms with Crippen LogP contribution in [0.3, 0.4) is 0 Å². The number of nitrogens with zero attached hydrogens (tertiary/aromatic N) is 1. The molecule has 0 atom stereocenters. The van der Waals surface area contributed by atoms with Crippen molar-refractivity contribution in [2.24, 2.45) is 0 Å². The van der Waals surface area contributed by atoms with Gasteiger partial charge in [0.25, 0.3) is 0 Å². The molecule has 0 aliphatic heterocycles. The van der Waals surface area contributed by atoms with E-state index in [-0.39, 0.29) is 0 Å². The van der Waals surface area contributed by atoms with Crippen molar-refractivity contribution >= 4 is 0 Å². The molecular weight excluding hydrogens is 260 g/mol. The fourth-order valence-corrected chi connectivity index (χ4v) is 1.81. The third-order valence-corrected chi connectivity index (χ3v) is 2.81. The third-order valence-electron chi connectivity index (χ3n) is 2.81. The van der Waals surface area contributed by atoms with E-state index >= 15 is 0 Å². The van der Waals surface area contributed by atoms with Gasteiger partial charge in [-0.1, -0.05) is 19.1 Å². The van der Waals surface area contributed by atoms with Crippen molar-refractivity contribution in [3.63, 3.8) is 0 Å². The van der Waals surface area contributed by atoms with Gasteiger partial charge in [-0.3, -0.25) is 0 Å². The highest BCUT2D eigenvalue weighted by Gasteiger charge is 2.11. The van der Waals surface area contributed by atoms with Gasteiger partial charge in [0.2, 0.25) is 0 Å². The number of halogens is 2. The van der Waals surface area contributed by atoms with Crippen LogP contribution >= 0.6 is 0 Å². The molecule has 0 unspecified atom stereocenters. The van der Waals surface area contributed by atoms with Crippen molar-refractivity contribution < 1.29 is 13.5 Å². The maximum atomic E-state index is 13.6. The smallest absolute Gasteiger partial charge is 0.144 e. The number of hydrogen-bond donors (Lipinski definition) is 0. The summed E-state index contributed by atoms with van der Waals surface area (Å²) in [7, 11) is 0. The zero-order chi connectivity index (χ0) is 14.5. The fraction of sp³-hybridized carbons (Fsp3) is 0.188.